The second-order valence-electron chi connectivity index (χ2n) is 6.55. The van der Waals surface area contributed by atoms with Crippen molar-refractivity contribution < 1.29 is 29.1 Å². The third kappa shape index (κ3) is 5.91. The van der Waals surface area contributed by atoms with Crippen LogP contribution in [0.5, 0.6) is 17.2 Å². The van der Waals surface area contributed by atoms with E-state index in [2.05, 4.69) is 10.5 Å². The minimum atomic E-state index is -0.706. The van der Waals surface area contributed by atoms with Gasteiger partial charge in [-0.15, -0.1) is 0 Å². The molecule has 0 aliphatic carbocycles. The number of phenols is 1. The third-order valence-electron chi connectivity index (χ3n) is 4.31. The standard InChI is InChI=1S/C23H19N3O7/c1-2-32-21-13-15(14-24-25-22(28)18-5-3-4-6-19(18)27)7-12-20(21)33-23(29)16-8-10-17(11-9-16)26(30)31/h3-14,27H,2H2,1H3,(H,25,28). The molecule has 0 spiro atoms. The predicted octanol–water partition coefficient (Wildman–Crippen LogP) is 3.68. The lowest BCUT2D eigenvalue weighted by Crippen LogP contribution is -2.17. The van der Waals surface area contributed by atoms with Crippen LogP contribution in [0.1, 0.15) is 33.2 Å². The molecule has 33 heavy (non-hydrogen) atoms. The summed E-state index contributed by atoms with van der Waals surface area (Å²) in [4.78, 5) is 34.7. The summed E-state index contributed by atoms with van der Waals surface area (Å²) >= 11 is 0. The zero-order valence-corrected chi connectivity index (χ0v) is 17.4. The number of ether oxygens (including phenoxy) is 2. The summed E-state index contributed by atoms with van der Waals surface area (Å²) in [6, 6.07) is 15.8. The molecule has 10 nitrogen and oxygen atoms in total. The smallest absolute Gasteiger partial charge is 0.343 e. The van der Waals surface area contributed by atoms with Crippen molar-refractivity contribution in [3.8, 4) is 17.2 Å². The Morgan fingerprint density at radius 3 is 2.48 bits per heavy atom. The van der Waals surface area contributed by atoms with Crippen LogP contribution in [0.4, 0.5) is 5.69 Å². The Bertz CT molecular complexity index is 1210. The summed E-state index contributed by atoms with van der Waals surface area (Å²) in [6.07, 6.45) is 1.36. The number of nitro groups is 1. The molecule has 0 heterocycles. The number of phenolic OH excluding ortho intramolecular Hbond substituents is 1. The van der Waals surface area contributed by atoms with Crippen molar-refractivity contribution in [3.63, 3.8) is 0 Å². The molecule has 3 rings (SSSR count). The van der Waals surface area contributed by atoms with Gasteiger partial charge in [0.15, 0.2) is 11.5 Å². The van der Waals surface area contributed by atoms with Crippen LogP contribution in [-0.4, -0.2) is 34.7 Å². The molecule has 3 aromatic carbocycles. The fourth-order valence-corrected chi connectivity index (χ4v) is 2.73. The highest BCUT2D eigenvalue weighted by atomic mass is 16.6. The van der Waals surface area contributed by atoms with Gasteiger partial charge in [0.1, 0.15) is 5.75 Å². The molecule has 0 bridgehead atoms. The second-order valence-corrected chi connectivity index (χ2v) is 6.55. The number of aromatic hydroxyl groups is 1. The minimum Gasteiger partial charge on any atom is -0.507 e. The molecule has 0 aliphatic heterocycles. The van der Waals surface area contributed by atoms with Gasteiger partial charge in [-0.3, -0.25) is 14.9 Å². The molecular weight excluding hydrogens is 430 g/mol. The molecule has 3 aromatic rings. The number of rotatable bonds is 8. The Hall–Kier alpha value is -4.73. The molecule has 0 aromatic heterocycles. The summed E-state index contributed by atoms with van der Waals surface area (Å²) in [6.45, 7) is 2.06. The summed E-state index contributed by atoms with van der Waals surface area (Å²) in [5.41, 5.74) is 2.95. The van der Waals surface area contributed by atoms with Gasteiger partial charge in [0.2, 0.25) is 0 Å². The number of hydrazone groups is 1. The first-order chi connectivity index (χ1) is 15.9. The largest absolute Gasteiger partial charge is 0.507 e. The van der Waals surface area contributed by atoms with E-state index < -0.39 is 16.8 Å². The number of carbonyl (C=O) groups is 2. The summed E-state index contributed by atoms with van der Waals surface area (Å²) in [5, 5.41) is 24.3. The van der Waals surface area contributed by atoms with Crippen LogP contribution in [0.3, 0.4) is 0 Å². The van der Waals surface area contributed by atoms with Crippen molar-refractivity contribution in [3.05, 3.63) is 93.5 Å². The monoisotopic (exact) mass is 449 g/mol. The van der Waals surface area contributed by atoms with Gasteiger partial charge in [-0.1, -0.05) is 12.1 Å². The first kappa shape index (κ1) is 22.9. The van der Waals surface area contributed by atoms with Crippen molar-refractivity contribution in [2.45, 2.75) is 6.92 Å². The van der Waals surface area contributed by atoms with Gasteiger partial charge in [-0.25, -0.2) is 10.2 Å². The Morgan fingerprint density at radius 1 is 1.09 bits per heavy atom. The van der Waals surface area contributed by atoms with E-state index >= 15 is 0 Å². The number of hydrogen-bond donors (Lipinski definition) is 2. The molecule has 0 aliphatic rings. The quantitative estimate of drug-likeness (QED) is 0.176. The minimum absolute atomic E-state index is 0.0816. The number of nitrogens with one attached hydrogen (secondary N) is 1. The first-order valence-corrected chi connectivity index (χ1v) is 9.74. The molecule has 0 radical (unpaired) electrons. The van der Waals surface area contributed by atoms with Crippen molar-refractivity contribution in [2.24, 2.45) is 5.10 Å². The maximum Gasteiger partial charge on any atom is 0.343 e. The van der Waals surface area contributed by atoms with Gasteiger partial charge in [-0.2, -0.15) is 5.10 Å². The number of carbonyl (C=O) groups excluding carboxylic acids is 2. The van der Waals surface area contributed by atoms with E-state index in [9.17, 15) is 24.8 Å². The molecule has 0 saturated carbocycles. The molecule has 10 heteroatoms. The molecule has 0 atom stereocenters. The Kier molecular flexibility index (Phi) is 7.32. The number of para-hydroxylation sites is 1. The lowest BCUT2D eigenvalue weighted by Gasteiger charge is -2.11. The number of benzene rings is 3. The molecule has 2 N–H and O–H groups in total. The second kappa shape index (κ2) is 10.5. The normalized spacial score (nSPS) is 10.6. The Morgan fingerprint density at radius 2 is 1.82 bits per heavy atom. The Balaban J connectivity index is 1.71. The lowest BCUT2D eigenvalue weighted by molar-refractivity contribution is -0.384. The SMILES string of the molecule is CCOc1cc(C=NNC(=O)c2ccccc2O)ccc1OC(=O)c1ccc([N+](=O)[O-])cc1. The van der Waals surface area contributed by atoms with Gasteiger partial charge in [-0.05, 0) is 55.0 Å². The molecule has 1 amide bonds. The molecule has 0 unspecified atom stereocenters. The molecular formula is C23H19N3O7. The number of nitro benzene ring substituents is 1. The number of esters is 1. The first-order valence-electron chi connectivity index (χ1n) is 9.74. The number of nitrogens with zero attached hydrogens (tertiary/aromatic N) is 2. The average Bonchev–Trinajstić information content (AvgIpc) is 2.81. The maximum atomic E-state index is 12.4. The fourth-order valence-electron chi connectivity index (χ4n) is 2.73. The Labute approximate surface area is 188 Å². The average molecular weight is 449 g/mol. The van der Waals surface area contributed by atoms with Crippen LogP contribution >= 0.6 is 0 Å². The zero-order chi connectivity index (χ0) is 23.8. The highest BCUT2D eigenvalue weighted by molar-refractivity contribution is 5.97. The van der Waals surface area contributed by atoms with Crippen LogP contribution in [0.2, 0.25) is 0 Å². The lowest BCUT2D eigenvalue weighted by atomic mass is 10.2. The van der Waals surface area contributed by atoms with Crippen LogP contribution in [-0.2, 0) is 0 Å². The van der Waals surface area contributed by atoms with E-state index in [0.29, 0.717) is 12.2 Å². The van der Waals surface area contributed by atoms with Gasteiger partial charge in [0.25, 0.3) is 11.6 Å². The van der Waals surface area contributed by atoms with Crippen molar-refractivity contribution in [1.29, 1.82) is 0 Å². The van der Waals surface area contributed by atoms with Crippen LogP contribution < -0.4 is 14.9 Å². The van der Waals surface area contributed by atoms with Crippen molar-refractivity contribution in [2.75, 3.05) is 6.61 Å². The van der Waals surface area contributed by atoms with E-state index in [-0.39, 0.29) is 34.1 Å². The third-order valence-corrected chi connectivity index (χ3v) is 4.31. The highest BCUT2D eigenvalue weighted by Crippen LogP contribution is 2.29. The van der Waals surface area contributed by atoms with Gasteiger partial charge in [0, 0.05) is 12.1 Å². The van der Waals surface area contributed by atoms with E-state index in [1.807, 2.05) is 0 Å². The fraction of sp³-hybridized carbons (Fsp3) is 0.0870. The highest BCUT2D eigenvalue weighted by Gasteiger charge is 2.15. The van der Waals surface area contributed by atoms with Gasteiger partial charge in [0.05, 0.1) is 28.9 Å². The summed E-state index contributed by atoms with van der Waals surface area (Å²) < 4.78 is 10.9. The van der Waals surface area contributed by atoms with Crippen LogP contribution in [0.15, 0.2) is 71.8 Å². The molecule has 168 valence electrons. The van der Waals surface area contributed by atoms with E-state index in [1.165, 1.54) is 48.7 Å². The number of non-ortho nitro benzene ring substituents is 1. The van der Waals surface area contributed by atoms with Crippen LogP contribution in [0, 0.1) is 10.1 Å². The van der Waals surface area contributed by atoms with E-state index in [1.54, 1.807) is 31.2 Å². The van der Waals surface area contributed by atoms with Crippen molar-refractivity contribution >= 4 is 23.8 Å². The predicted molar refractivity (Wildman–Crippen MR) is 119 cm³/mol. The van der Waals surface area contributed by atoms with Crippen LogP contribution in [0.25, 0.3) is 0 Å². The van der Waals surface area contributed by atoms with Gasteiger partial charge >= 0.3 is 5.97 Å². The topological polar surface area (TPSA) is 140 Å². The summed E-state index contributed by atoms with van der Waals surface area (Å²) in [7, 11) is 0. The molecule has 0 fully saturated rings. The zero-order valence-electron chi connectivity index (χ0n) is 17.4. The maximum absolute atomic E-state index is 12.4. The van der Waals surface area contributed by atoms with E-state index in [4.69, 9.17) is 9.47 Å². The number of amides is 1. The van der Waals surface area contributed by atoms with Gasteiger partial charge < -0.3 is 14.6 Å². The molecule has 0 saturated heterocycles. The summed E-state index contributed by atoms with van der Waals surface area (Å²) in [5.74, 6) is -1.03. The van der Waals surface area contributed by atoms with E-state index in [0.717, 1.165) is 0 Å². The number of hydrogen-bond acceptors (Lipinski definition) is 8. The van der Waals surface area contributed by atoms with Crippen molar-refractivity contribution in [1.82, 2.24) is 5.43 Å².